The maximum Gasteiger partial charge on any atom is 0.220 e. The van der Waals surface area contributed by atoms with Crippen LogP contribution in [0.2, 0.25) is 0 Å². The Balaban J connectivity index is 3.46. The molecule has 0 saturated carbocycles. The van der Waals surface area contributed by atoms with Crippen LogP contribution in [-0.4, -0.2) is 34.9 Å². The number of hydrogen-bond donors (Lipinski definition) is 3. The van der Waals surface area contributed by atoms with E-state index in [1.165, 1.54) is 148 Å². The van der Waals surface area contributed by atoms with Crippen LogP contribution in [0.5, 0.6) is 0 Å². The molecule has 0 aliphatic heterocycles. The van der Waals surface area contributed by atoms with Crippen molar-refractivity contribution in [3.8, 4) is 0 Å². The highest BCUT2D eigenvalue weighted by atomic mass is 16.3. The van der Waals surface area contributed by atoms with E-state index in [4.69, 9.17) is 0 Å². The Morgan fingerprint density at radius 2 is 0.738 bits per heavy atom. The zero-order valence-electron chi connectivity index (χ0n) is 40.2. The van der Waals surface area contributed by atoms with Crippen LogP contribution in [0.3, 0.4) is 0 Å². The second-order valence-electron chi connectivity index (χ2n) is 17.2. The maximum atomic E-state index is 12.4. The SMILES string of the molecule is CC/C=C\C/C=C\C/C=C\C/C=C\C/C=C\C/C=C\CCCCCCCCCCCCCCCCCCCCCCC(=O)NC(CO)C(O)/C=C/CC/C=C/CCCCCC. The molecule has 0 spiro atoms. The molecule has 2 unspecified atom stereocenters. The quantitative estimate of drug-likeness (QED) is 0.0422. The number of amides is 1. The van der Waals surface area contributed by atoms with E-state index in [2.05, 4.69) is 104 Å². The first kappa shape index (κ1) is 58.3. The van der Waals surface area contributed by atoms with Gasteiger partial charge in [0.1, 0.15) is 0 Å². The van der Waals surface area contributed by atoms with Crippen LogP contribution in [0.25, 0.3) is 0 Å². The molecule has 0 fully saturated rings. The molecule has 0 aromatic rings. The third-order valence-electron chi connectivity index (χ3n) is 11.3. The van der Waals surface area contributed by atoms with Gasteiger partial charge in [0, 0.05) is 6.42 Å². The summed E-state index contributed by atoms with van der Waals surface area (Å²) in [6.45, 7) is 4.14. The zero-order valence-corrected chi connectivity index (χ0v) is 40.2. The lowest BCUT2D eigenvalue weighted by Gasteiger charge is -2.19. The third kappa shape index (κ3) is 48.2. The highest BCUT2D eigenvalue weighted by molar-refractivity contribution is 5.76. The molecule has 0 aliphatic carbocycles. The van der Waals surface area contributed by atoms with Crippen molar-refractivity contribution in [2.24, 2.45) is 0 Å². The lowest BCUT2D eigenvalue weighted by atomic mass is 10.0. The molecule has 0 radical (unpaired) electrons. The van der Waals surface area contributed by atoms with Crippen molar-refractivity contribution < 1.29 is 15.0 Å². The van der Waals surface area contributed by atoms with E-state index in [-0.39, 0.29) is 12.5 Å². The molecule has 0 aromatic carbocycles. The van der Waals surface area contributed by atoms with Crippen molar-refractivity contribution in [2.75, 3.05) is 6.61 Å². The first-order chi connectivity index (χ1) is 30.2. The second kappa shape index (κ2) is 51.7. The molecular weight excluding hydrogens is 747 g/mol. The average Bonchev–Trinajstić information content (AvgIpc) is 3.26. The molecule has 0 rings (SSSR count). The van der Waals surface area contributed by atoms with Crippen LogP contribution in [0.1, 0.15) is 239 Å². The number of aliphatic hydroxyl groups is 2. The smallest absolute Gasteiger partial charge is 0.220 e. The minimum Gasteiger partial charge on any atom is -0.394 e. The summed E-state index contributed by atoms with van der Waals surface area (Å²) in [6, 6.07) is -0.639. The molecular formula is C57H99NO3. The van der Waals surface area contributed by atoms with Crippen LogP contribution < -0.4 is 5.32 Å². The summed E-state index contributed by atoms with van der Waals surface area (Å²) < 4.78 is 0. The standard InChI is InChI=1S/C57H99NO3/c1-3-5-7-9-11-13-15-16-17-18-19-20-21-22-23-24-25-26-27-28-29-30-31-32-33-34-35-36-37-38-39-40-41-42-43-45-47-49-51-53-57(61)58-55(54-59)56(60)52-50-48-46-44-14-12-10-8-6-4-2/h5,7,11,13-14,16-17,19-20,22-23,25-26,44,50,52,55-56,59-60H,3-4,6,8-10,12,15,18,21,24,27-43,45-49,51,53-54H2,1-2H3,(H,58,61)/b7-5-,13-11-,17-16-,20-19-,23-22-,26-25-,44-14+,52-50+. The van der Waals surface area contributed by atoms with Crippen molar-refractivity contribution in [3.05, 3.63) is 97.2 Å². The van der Waals surface area contributed by atoms with Gasteiger partial charge in [0.2, 0.25) is 5.91 Å². The van der Waals surface area contributed by atoms with Gasteiger partial charge in [0.15, 0.2) is 0 Å². The number of unbranched alkanes of at least 4 members (excludes halogenated alkanes) is 25. The van der Waals surface area contributed by atoms with E-state index < -0.39 is 12.1 Å². The molecule has 0 heterocycles. The highest BCUT2D eigenvalue weighted by Crippen LogP contribution is 2.16. The fraction of sp³-hybridized carbons (Fsp3) is 0.702. The first-order valence-corrected chi connectivity index (χ1v) is 26.0. The number of allylic oxidation sites excluding steroid dienone is 15. The fourth-order valence-corrected chi connectivity index (χ4v) is 7.37. The number of carbonyl (C=O) groups excluding carboxylic acids is 1. The van der Waals surface area contributed by atoms with Gasteiger partial charge in [-0.05, 0) is 83.5 Å². The second-order valence-corrected chi connectivity index (χ2v) is 17.2. The van der Waals surface area contributed by atoms with Gasteiger partial charge in [-0.3, -0.25) is 4.79 Å². The number of nitrogens with one attached hydrogen (secondary N) is 1. The lowest BCUT2D eigenvalue weighted by Crippen LogP contribution is -2.45. The normalized spacial score (nSPS) is 13.7. The molecule has 0 aliphatic rings. The fourth-order valence-electron chi connectivity index (χ4n) is 7.37. The summed E-state index contributed by atoms with van der Waals surface area (Å²) in [7, 11) is 0. The minimum atomic E-state index is -0.862. The highest BCUT2D eigenvalue weighted by Gasteiger charge is 2.17. The van der Waals surface area contributed by atoms with Crippen molar-refractivity contribution in [2.45, 2.75) is 251 Å². The molecule has 1 amide bonds. The van der Waals surface area contributed by atoms with E-state index in [0.717, 1.165) is 70.6 Å². The van der Waals surface area contributed by atoms with Crippen LogP contribution in [-0.2, 0) is 4.79 Å². The summed E-state index contributed by atoms with van der Waals surface area (Å²) in [5, 5.41) is 22.9. The Kier molecular flexibility index (Phi) is 49.4. The summed E-state index contributed by atoms with van der Waals surface area (Å²) in [5.74, 6) is -0.0767. The average molecular weight is 846 g/mol. The molecule has 0 bridgehead atoms. The van der Waals surface area contributed by atoms with Gasteiger partial charge in [-0.2, -0.15) is 0 Å². The summed E-state index contributed by atoms with van der Waals surface area (Å²) in [6.07, 6.45) is 77.1. The van der Waals surface area contributed by atoms with Crippen molar-refractivity contribution in [1.29, 1.82) is 0 Å². The largest absolute Gasteiger partial charge is 0.394 e. The predicted octanol–water partition coefficient (Wildman–Crippen LogP) is 17.0. The van der Waals surface area contributed by atoms with Gasteiger partial charge in [-0.25, -0.2) is 0 Å². The van der Waals surface area contributed by atoms with Crippen LogP contribution in [0, 0.1) is 0 Å². The Morgan fingerprint density at radius 3 is 1.15 bits per heavy atom. The summed E-state index contributed by atoms with van der Waals surface area (Å²) in [5.41, 5.74) is 0. The third-order valence-corrected chi connectivity index (χ3v) is 11.3. The molecule has 4 nitrogen and oxygen atoms in total. The predicted molar refractivity (Wildman–Crippen MR) is 271 cm³/mol. The summed E-state index contributed by atoms with van der Waals surface area (Å²) in [4.78, 5) is 12.4. The van der Waals surface area contributed by atoms with Crippen molar-refractivity contribution >= 4 is 5.91 Å². The Labute approximate surface area is 379 Å². The van der Waals surface area contributed by atoms with E-state index in [1.54, 1.807) is 6.08 Å². The summed E-state index contributed by atoms with van der Waals surface area (Å²) >= 11 is 0. The van der Waals surface area contributed by atoms with Crippen molar-refractivity contribution in [3.63, 3.8) is 0 Å². The Morgan fingerprint density at radius 1 is 0.410 bits per heavy atom. The first-order valence-electron chi connectivity index (χ1n) is 26.0. The van der Waals surface area contributed by atoms with E-state index in [0.29, 0.717) is 6.42 Å². The van der Waals surface area contributed by atoms with Gasteiger partial charge in [0.05, 0.1) is 18.8 Å². The number of rotatable bonds is 46. The van der Waals surface area contributed by atoms with Crippen molar-refractivity contribution in [1.82, 2.24) is 5.32 Å². The van der Waals surface area contributed by atoms with Gasteiger partial charge in [-0.15, -0.1) is 0 Å². The minimum absolute atomic E-state index is 0.0767. The topological polar surface area (TPSA) is 69.6 Å². The van der Waals surface area contributed by atoms with E-state index in [1.807, 2.05) is 6.08 Å². The zero-order chi connectivity index (χ0) is 44.2. The van der Waals surface area contributed by atoms with E-state index in [9.17, 15) is 15.0 Å². The van der Waals surface area contributed by atoms with E-state index >= 15 is 0 Å². The van der Waals surface area contributed by atoms with Gasteiger partial charge >= 0.3 is 0 Å². The van der Waals surface area contributed by atoms with Crippen LogP contribution in [0.15, 0.2) is 97.2 Å². The van der Waals surface area contributed by atoms with Gasteiger partial charge < -0.3 is 15.5 Å². The number of hydrogen-bond acceptors (Lipinski definition) is 3. The molecule has 350 valence electrons. The van der Waals surface area contributed by atoms with Crippen LogP contribution in [0.4, 0.5) is 0 Å². The van der Waals surface area contributed by atoms with Gasteiger partial charge in [0.25, 0.3) is 0 Å². The van der Waals surface area contributed by atoms with Gasteiger partial charge in [-0.1, -0.05) is 246 Å². The Hall–Kier alpha value is -2.69. The molecule has 2 atom stereocenters. The maximum absolute atomic E-state index is 12.4. The monoisotopic (exact) mass is 846 g/mol. The number of aliphatic hydroxyl groups excluding tert-OH is 2. The lowest BCUT2D eigenvalue weighted by molar-refractivity contribution is -0.123. The van der Waals surface area contributed by atoms with Crippen LogP contribution >= 0.6 is 0 Å². The molecule has 3 N–H and O–H groups in total. The number of carbonyl (C=O) groups is 1. The molecule has 4 heteroatoms. The molecule has 0 aromatic heterocycles. The molecule has 61 heavy (non-hydrogen) atoms. The molecule has 0 saturated heterocycles. The Bertz CT molecular complexity index is 1140.